The number of nitrogens with one attached hydrogen (secondary N) is 1. The summed E-state index contributed by atoms with van der Waals surface area (Å²) >= 11 is 0. The Balaban J connectivity index is 2.10. The number of amides is 1. The zero-order chi connectivity index (χ0) is 15.2. The summed E-state index contributed by atoms with van der Waals surface area (Å²) in [7, 11) is 0. The Kier molecular flexibility index (Phi) is 5.05. The molecule has 1 amide bonds. The molecular formula is C15H20N4O2. The molecule has 1 aromatic heterocycles. The van der Waals surface area contributed by atoms with Crippen LogP contribution in [0.25, 0.3) is 5.69 Å². The van der Waals surface area contributed by atoms with E-state index in [2.05, 4.69) is 29.5 Å². The zero-order valence-corrected chi connectivity index (χ0v) is 12.2. The van der Waals surface area contributed by atoms with E-state index in [0.29, 0.717) is 11.5 Å². The molecule has 1 aromatic carbocycles. The van der Waals surface area contributed by atoms with Gasteiger partial charge in [-0.1, -0.05) is 25.1 Å². The molecule has 1 atom stereocenters. The molecule has 1 heterocycles. The molecule has 0 fully saturated rings. The first-order valence-electron chi connectivity index (χ1n) is 6.98. The topological polar surface area (TPSA) is 80.0 Å². The Hall–Kier alpha value is -2.21. The lowest BCUT2D eigenvalue weighted by atomic mass is 10.0. The SMILES string of the molecule is CC(C)CC(CO)NC(=O)c1cccc(-n2ccnn2)c1. The van der Waals surface area contributed by atoms with Gasteiger partial charge in [0.15, 0.2) is 0 Å². The van der Waals surface area contributed by atoms with Crippen molar-refractivity contribution >= 4 is 5.91 Å². The van der Waals surface area contributed by atoms with E-state index in [4.69, 9.17) is 0 Å². The summed E-state index contributed by atoms with van der Waals surface area (Å²) in [5.74, 6) is 0.209. The van der Waals surface area contributed by atoms with Crippen LogP contribution in [0.1, 0.15) is 30.6 Å². The molecule has 0 bridgehead atoms. The van der Waals surface area contributed by atoms with Crippen molar-refractivity contribution in [3.8, 4) is 5.69 Å². The summed E-state index contributed by atoms with van der Waals surface area (Å²) < 4.78 is 1.59. The minimum atomic E-state index is -0.229. The lowest BCUT2D eigenvalue weighted by molar-refractivity contribution is 0.0908. The summed E-state index contributed by atoms with van der Waals surface area (Å²) in [5.41, 5.74) is 1.30. The Morgan fingerprint density at radius 1 is 1.43 bits per heavy atom. The van der Waals surface area contributed by atoms with Crippen LogP contribution >= 0.6 is 0 Å². The molecular weight excluding hydrogens is 268 g/mol. The van der Waals surface area contributed by atoms with Crippen molar-refractivity contribution in [3.63, 3.8) is 0 Å². The quantitative estimate of drug-likeness (QED) is 0.842. The molecule has 0 saturated heterocycles. The Morgan fingerprint density at radius 3 is 2.86 bits per heavy atom. The number of rotatable bonds is 6. The summed E-state index contributed by atoms with van der Waals surface area (Å²) in [4.78, 5) is 12.2. The van der Waals surface area contributed by atoms with Gasteiger partial charge in [0.1, 0.15) is 0 Å². The van der Waals surface area contributed by atoms with Crippen LogP contribution < -0.4 is 5.32 Å². The van der Waals surface area contributed by atoms with Crippen LogP contribution in [0, 0.1) is 5.92 Å². The van der Waals surface area contributed by atoms with Gasteiger partial charge in [-0.3, -0.25) is 4.79 Å². The van der Waals surface area contributed by atoms with Crippen molar-refractivity contribution < 1.29 is 9.90 Å². The highest BCUT2D eigenvalue weighted by atomic mass is 16.3. The molecule has 2 rings (SSSR count). The lowest BCUT2D eigenvalue weighted by Crippen LogP contribution is -2.38. The highest BCUT2D eigenvalue weighted by Crippen LogP contribution is 2.10. The van der Waals surface area contributed by atoms with Crippen molar-refractivity contribution in [3.05, 3.63) is 42.2 Å². The molecule has 0 aliphatic carbocycles. The second-order valence-corrected chi connectivity index (χ2v) is 5.38. The van der Waals surface area contributed by atoms with Gasteiger partial charge in [0.05, 0.1) is 30.7 Å². The largest absolute Gasteiger partial charge is 0.394 e. The van der Waals surface area contributed by atoms with Gasteiger partial charge >= 0.3 is 0 Å². The van der Waals surface area contributed by atoms with E-state index in [-0.39, 0.29) is 18.6 Å². The average Bonchev–Trinajstić information content (AvgIpc) is 3.00. The van der Waals surface area contributed by atoms with Crippen LogP contribution in [0.4, 0.5) is 0 Å². The first kappa shape index (κ1) is 15.2. The minimum Gasteiger partial charge on any atom is -0.394 e. The van der Waals surface area contributed by atoms with Gasteiger partial charge in [-0.05, 0) is 30.5 Å². The molecule has 1 unspecified atom stereocenters. The average molecular weight is 288 g/mol. The third-order valence-electron chi connectivity index (χ3n) is 3.11. The maximum Gasteiger partial charge on any atom is 0.251 e. The maximum absolute atomic E-state index is 12.2. The predicted octanol–water partition coefficient (Wildman–Crippen LogP) is 1.40. The van der Waals surface area contributed by atoms with E-state index in [1.54, 1.807) is 35.3 Å². The second-order valence-electron chi connectivity index (χ2n) is 5.38. The molecule has 6 nitrogen and oxygen atoms in total. The van der Waals surface area contributed by atoms with Crippen molar-refractivity contribution in [2.45, 2.75) is 26.3 Å². The van der Waals surface area contributed by atoms with Gasteiger partial charge in [0, 0.05) is 5.56 Å². The van der Waals surface area contributed by atoms with Gasteiger partial charge in [-0.25, -0.2) is 4.68 Å². The number of carbonyl (C=O) groups excluding carboxylic acids is 1. The maximum atomic E-state index is 12.2. The van der Waals surface area contributed by atoms with Crippen LogP contribution in [0.15, 0.2) is 36.7 Å². The lowest BCUT2D eigenvalue weighted by Gasteiger charge is -2.18. The number of hydrogen-bond donors (Lipinski definition) is 2. The molecule has 2 N–H and O–H groups in total. The van der Waals surface area contributed by atoms with Gasteiger partial charge in [0.25, 0.3) is 5.91 Å². The van der Waals surface area contributed by atoms with E-state index < -0.39 is 0 Å². The van der Waals surface area contributed by atoms with Gasteiger partial charge in [-0.2, -0.15) is 0 Å². The summed E-state index contributed by atoms with van der Waals surface area (Å²) in [6.45, 7) is 4.05. The van der Waals surface area contributed by atoms with E-state index in [1.807, 2.05) is 6.07 Å². The Morgan fingerprint density at radius 2 is 2.24 bits per heavy atom. The van der Waals surface area contributed by atoms with E-state index in [0.717, 1.165) is 12.1 Å². The summed E-state index contributed by atoms with van der Waals surface area (Å²) in [5, 5.41) is 19.8. The van der Waals surface area contributed by atoms with E-state index in [1.165, 1.54) is 0 Å². The Labute approximate surface area is 123 Å². The normalized spacial score (nSPS) is 12.4. The smallest absolute Gasteiger partial charge is 0.251 e. The van der Waals surface area contributed by atoms with Crippen LogP contribution in [0.5, 0.6) is 0 Å². The van der Waals surface area contributed by atoms with Crippen molar-refractivity contribution in [1.29, 1.82) is 0 Å². The second kappa shape index (κ2) is 6.99. The molecule has 0 spiro atoms. The molecule has 0 aliphatic rings. The summed E-state index contributed by atoms with van der Waals surface area (Å²) in [6, 6.07) is 6.89. The first-order chi connectivity index (χ1) is 10.1. The van der Waals surface area contributed by atoms with E-state index >= 15 is 0 Å². The van der Waals surface area contributed by atoms with Gasteiger partial charge in [0.2, 0.25) is 0 Å². The number of aliphatic hydroxyl groups is 1. The van der Waals surface area contributed by atoms with Crippen LogP contribution in [-0.2, 0) is 0 Å². The number of nitrogens with zero attached hydrogens (tertiary/aromatic N) is 3. The monoisotopic (exact) mass is 288 g/mol. The fourth-order valence-electron chi connectivity index (χ4n) is 2.15. The standard InChI is InChI=1S/C15H20N4O2/c1-11(2)8-13(10-20)17-15(21)12-4-3-5-14(9-12)19-7-6-16-18-19/h3-7,9,11,13,20H,8,10H2,1-2H3,(H,17,21). The number of carbonyl (C=O) groups is 1. The van der Waals surface area contributed by atoms with Gasteiger partial charge < -0.3 is 10.4 Å². The fraction of sp³-hybridized carbons (Fsp3) is 0.400. The van der Waals surface area contributed by atoms with Crippen molar-refractivity contribution in [2.24, 2.45) is 5.92 Å². The molecule has 6 heteroatoms. The van der Waals surface area contributed by atoms with Gasteiger partial charge in [-0.15, -0.1) is 5.10 Å². The molecule has 0 saturated carbocycles. The highest BCUT2D eigenvalue weighted by molar-refractivity contribution is 5.94. The van der Waals surface area contributed by atoms with Crippen molar-refractivity contribution in [1.82, 2.24) is 20.3 Å². The molecule has 2 aromatic rings. The molecule has 0 radical (unpaired) electrons. The molecule has 0 aliphatic heterocycles. The summed E-state index contributed by atoms with van der Waals surface area (Å²) in [6.07, 6.45) is 4.04. The van der Waals surface area contributed by atoms with E-state index in [9.17, 15) is 9.90 Å². The first-order valence-corrected chi connectivity index (χ1v) is 6.98. The third-order valence-corrected chi connectivity index (χ3v) is 3.11. The van der Waals surface area contributed by atoms with Crippen molar-refractivity contribution in [2.75, 3.05) is 6.61 Å². The fourth-order valence-corrected chi connectivity index (χ4v) is 2.15. The minimum absolute atomic E-state index is 0.0628. The number of hydrogen-bond acceptors (Lipinski definition) is 4. The predicted molar refractivity (Wildman–Crippen MR) is 79.2 cm³/mol. The number of aromatic nitrogens is 3. The number of aliphatic hydroxyl groups excluding tert-OH is 1. The Bertz CT molecular complexity index is 581. The number of benzene rings is 1. The van der Waals surface area contributed by atoms with Crippen LogP contribution in [0.3, 0.4) is 0 Å². The van der Waals surface area contributed by atoms with Crippen LogP contribution in [-0.4, -0.2) is 38.7 Å². The third kappa shape index (κ3) is 4.13. The molecule has 21 heavy (non-hydrogen) atoms. The highest BCUT2D eigenvalue weighted by Gasteiger charge is 2.14. The van der Waals surface area contributed by atoms with Crippen LogP contribution in [0.2, 0.25) is 0 Å². The zero-order valence-electron chi connectivity index (χ0n) is 12.2. The molecule has 112 valence electrons.